The number of benzene rings is 1. The molecule has 1 saturated carbocycles. The molecule has 1 fully saturated rings. The second kappa shape index (κ2) is 7.63. The molecule has 3 atom stereocenters. The lowest BCUT2D eigenvalue weighted by Gasteiger charge is -2.19. The topological polar surface area (TPSA) is 55.1 Å². The van der Waals surface area contributed by atoms with Crippen LogP contribution in [0, 0.1) is 11.7 Å². The van der Waals surface area contributed by atoms with Gasteiger partial charge in [-0.2, -0.15) is 0 Å². The van der Waals surface area contributed by atoms with E-state index in [1.165, 1.54) is 12.1 Å². The van der Waals surface area contributed by atoms with E-state index in [9.17, 15) is 9.18 Å². The molecule has 0 heterocycles. The van der Waals surface area contributed by atoms with Gasteiger partial charge in [0.05, 0.1) is 11.1 Å². The minimum atomic E-state index is -0.546. The monoisotopic (exact) mass is 354 g/mol. The van der Waals surface area contributed by atoms with Crippen molar-refractivity contribution in [1.82, 2.24) is 5.32 Å². The third kappa shape index (κ3) is 4.22. The molecule has 3 N–H and O–H groups in total. The van der Waals surface area contributed by atoms with E-state index in [0.29, 0.717) is 17.0 Å². The number of hydrogen-bond donors (Lipinski definition) is 2. The fourth-order valence-corrected chi connectivity index (χ4v) is 3.30. The van der Waals surface area contributed by atoms with Crippen molar-refractivity contribution in [2.75, 3.05) is 0 Å². The van der Waals surface area contributed by atoms with Crippen LogP contribution < -0.4 is 11.1 Å². The first-order valence-corrected chi connectivity index (χ1v) is 7.35. The van der Waals surface area contributed by atoms with Gasteiger partial charge in [-0.1, -0.05) is 23.2 Å². The van der Waals surface area contributed by atoms with Crippen molar-refractivity contribution in [3.05, 3.63) is 33.6 Å². The fourth-order valence-electron chi connectivity index (χ4n) is 2.60. The summed E-state index contributed by atoms with van der Waals surface area (Å²) in [4.78, 5) is 12.1. The number of carbonyl (C=O) groups is 1. The number of carbonyl (C=O) groups excluding carboxylic acids is 1. The molecule has 0 bridgehead atoms. The lowest BCUT2D eigenvalue weighted by Crippen LogP contribution is -2.32. The summed E-state index contributed by atoms with van der Waals surface area (Å²) in [6.45, 7) is 1.74. The number of halogens is 4. The molecular formula is C14H18Cl3FN2O. The Hall–Kier alpha value is -0.550. The molecule has 0 aliphatic heterocycles. The molecule has 3 nitrogen and oxygen atoms in total. The van der Waals surface area contributed by atoms with Crippen LogP contribution >= 0.6 is 35.6 Å². The van der Waals surface area contributed by atoms with Crippen molar-refractivity contribution in [2.24, 2.45) is 11.7 Å². The Bertz CT molecular complexity index is 527. The predicted molar refractivity (Wildman–Crippen MR) is 85.5 cm³/mol. The van der Waals surface area contributed by atoms with E-state index < -0.39 is 11.9 Å². The van der Waals surface area contributed by atoms with Crippen LogP contribution in [0.4, 0.5) is 4.39 Å². The average Bonchev–Trinajstić information content (AvgIpc) is 2.81. The maximum Gasteiger partial charge on any atom is 0.223 e. The van der Waals surface area contributed by atoms with Crippen LogP contribution in [0.3, 0.4) is 0 Å². The third-order valence-corrected chi connectivity index (χ3v) is 4.43. The Morgan fingerprint density at radius 1 is 1.43 bits per heavy atom. The summed E-state index contributed by atoms with van der Waals surface area (Å²) in [5.74, 6) is -0.713. The summed E-state index contributed by atoms with van der Waals surface area (Å²) in [6.07, 6.45) is 2.32. The van der Waals surface area contributed by atoms with Crippen LogP contribution in [0.25, 0.3) is 0 Å². The molecule has 0 saturated heterocycles. The normalized spacial score (nSPS) is 22.5. The zero-order valence-corrected chi connectivity index (χ0v) is 13.9. The van der Waals surface area contributed by atoms with Gasteiger partial charge < -0.3 is 11.1 Å². The highest BCUT2D eigenvalue weighted by molar-refractivity contribution is 6.36. The summed E-state index contributed by atoms with van der Waals surface area (Å²) in [6, 6.07) is 2.28. The second-order valence-electron chi connectivity index (χ2n) is 5.26. The largest absolute Gasteiger partial charge is 0.349 e. The zero-order valence-electron chi connectivity index (χ0n) is 11.5. The van der Waals surface area contributed by atoms with Crippen LogP contribution in [0.15, 0.2) is 12.1 Å². The molecule has 2 rings (SSSR count). The molecule has 0 spiro atoms. The summed E-state index contributed by atoms with van der Waals surface area (Å²) in [5.41, 5.74) is 6.21. The maximum absolute atomic E-state index is 13.5. The molecule has 1 aliphatic carbocycles. The van der Waals surface area contributed by atoms with E-state index in [1.807, 2.05) is 0 Å². The van der Waals surface area contributed by atoms with Crippen molar-refractivity contribution >= 4 is 41.5 Å². The molecule has 0 aromatic heterocycles. The van der Waals surface area contributed by atoms with Crippen molar-refractivity contribution in [2.45, 2.75) is 38.3 Å². The molecule has 3 unspecified atom stereocenters. The van der Waals surface area contributed by atoms with Crippen molar-refractivity contribution in [3.63, 3.8) is 0 Å². The fraction of sp³-hybridized carbons (Fsp3) is 0.500. The van der Waals surface area contributed by atoms with Crippen LogP contribution in [-0.2, 0) is 4.79 Å². The van der Waals surface area contributed by atoms with E-state index in [2.05, 4.69) is 5.32 Å². The second-order valence-corrected chi connectivity index (χ2v) is 6.04. The van der Waals surface area contributed by atoms with Gasteiger partial charge in [0, 0.05) is 22.5 Å². The van der Waals surface area contributed by atoms with E-state index in [1.54, 1.807) is 6.92 Å². The summed E-state index contributed by atoms with van der Waals surface area (Å²) >= 11 is 12.0. The molecule has 1 aromatic rings. The number of hydrogen-bond acceptors (Lipinski definition) is 2. The number of amides is 1. The summed E-state index contributed by atoms with van der Waals surface area (Å²) < 4.78 is 13.5. The Labute approximate surface area is 139 Å². The van der Waals surface area contributed by atoms with Gasteiger partial charge >= 0.3 is 0 Å². The minimum absolute atomic E-state index is 0. The molecular weight excluding hydrogens is 338 g/mol. The van der Waals surface area contributed by atoms with Gasteiger partial charge in [0.1, 0.15) is 5.82 Å². The maximum atomic E-state index is 13.5. The van der Waals surface area contributed by atoms with Crippen molar-refractivity contribution in [1.29, 1.82) is 0 Å². The Morgan fingerprint density at radius 2 is 2.10 bits per heavy atom. The molecule has 118 valence electrons. The van der Waals surface area contributed by atoms with E-state index in [-0.39, 0.29) is 35.3 Å². The van der Waals surface area contributed by atoms with Crippen LogP contribution in [0.1, 0.15) is 37.8 Å². The highest BCUT2D eigenvalue weighted by atomic mass is 35.5. The van der Waals surface area contributed by atoms with Crippen molar-refractivity contribution < 1.29 is 9.18 Å². The van der Waals surface area contributed by atoms with Crippen LogP contribution in [0.5, 0.6) is 0 Å². The molecule has 21 heavy (non-hydrogen) atoms. The first-order valence-electron chi connectivity index (χ1n) is 6.59. The van der Waals surface area contributed by atoms with Crippen LogP contribution in [0.2, 0.25) is 10.0 Å². The summed E-state index contributed by atoms with van der Waals surface area (Å²) in [7, 11) is 0. The van der Waals surface area contributed by atoms with Gasteiger partial charge in [0.25, 0.3) is 0 Å². The van der Waals surface area contributed by atoms with Gasteiger partial charge in [-0.3, -0.25) is 4.79 Å². The number of nitrogens with two attached hydrogens (primary N) is 1. The third-order valence-electron chi connectivity index (χ3n) is 3.72. The molecule has 1 aliphatic rings. The Morgan fingerprint density at radius 3 is 2.67 bits per heavy atom. The highest BCUT2D eigenvalue weighted by Crippen LogP contribution is 2.33. The number of nitrogens with one attached hydrogen (secondary N) is 1. The first kappa shape index (κ1) is 18.5. The predicted octanol–water partition coefficient (Wildman–Crippen LogP) is 3.86. The van der Waals surface area contributed by atoms with Gasteiger partial charge in [-0.05, 0) is 38.3 Å². The van der Waals surface area contributed by atoms with Gasteiger partial charge in [-0.25, -0.2) is 4.39 Å². The van der Waals surface area contributed by atoms with E-state index in [4.69, 9.17) is 28.9 Å². The quantitative estimate of drug-likeness (QED) is 0.809. The summed E-state index contributed by atoms with van der Waals surface area (Å²) in [5, 5.41) is 3.13. The van der Waals surface area contributed by atoms with E-state index >= 15 is 0 Å². The zero-order chi connectivity index (χ0) is 14.9. The Kier molecular flexibility index (Phi) is 6.72. The lowest BCUT2D eigenvalue weighted by molar-refractivity contribution is -0.125. The molecule has 0 radical (unpaired) electrons. The van der Waals surface area contributed by atoms with Gasteiger partial charge in [0.2, 0.25) is 5.91 Å². The average molecular weight is 356 g/mol. The molecule has 7 heteroatoms. The smallest absolute Gasteiger partial charge is 0.223 e. The lowest BCUT2D eigenvalue weighted by atomic mass is 10.0. The molecule has 1 amide bonds. The van der Waals surface area contributed by atoms with Crippen molar-refractivity contribution in [3.8, 4) is 0 Å². The SMILES string of the molecule is CC(NC(=O)C1CCC(N)C1)c1c(Cl)ccc(F)c1Cl.Cl. The Balaban J connectivity index is 0.00000220. The van der Waals surface area contributed by atoms with Crippen LogP contribution in [-0.4, -0.2) is 11.9 Å². The first-order chi connectivity index (χ1) is 9.40. The van der Waals surface area contributed by atoms with E-state index in [0.717, 1.165) is 12.8 Å². The highest BCUT2D eigenvalue weighted by Gasteiger charge is 2.29. The number of rotatable bonds is 3. The van der Waals surface area contributed by atoms with Gasteiger partial charge in [0.15, 0.2) is 0 Å². The minimum Gasteiger partial charge on any atom is -0.349 e. The molecule has 1 aromatic carbocycles. The standard InChI is InChI=1S/C14H17Cl2FN2O.ClH/c1-7(12-10(15)4-5-11(17)13(12)16)19-14(20)8-2-3-9(18)6-8;/h4-5,7-9H,2-3,6,18H2,1H3,(H,19,20);1H. The van der Waals surface area contributed by atoms with Gasteiger partial charge in [-0.15, -0.1) is 12.4 Å².